The first-order valence-electron chi connectivity index (χ1n) is 11.9. The summed E-state index contributed by atoms with van der Waals surface area (Å²) in [6.07, 6.45) is 0.981. The maximum Gasteiger partial charge on any atom is 0.318 e. The molecule has 0 bridgehead atoms. The summed E-state index contributed by atoms with van der Waals surface area (Å²) in [5.41, 5.74) is 2.39. The second kappa shape index (κ2) is 10.9. The van der Waals surface area contributed by atoms with Crippen LogP contribution in [0.3, 0.4) is 0 Å². The molecular weight excluding hydrogens is 487 g/mol. The molecule has 3 heterocycles. The van der Waals surface area contributed by atoms with Gasteiger partial charge in [0, 0.05) is 40.3 Å². The number of nitrogens with one attached hydrogen (secondary N) is 1. The predicted molar refractivity (Wildman–Crippen MR) is 146 cm³/mol. The van der Waals surface area contributed by atoms with Gasteiger partial charge in [0.25, 0.3) is 0 Å². The van der Waals surface area contributed by atoms with E-state index in [2.05, 4.69) is 54.3 Å². The number of aromatic nitrogens is 2. The standard InChI is InChI=1S/C26H23FN6OS.C2H4/c1-4-33(21-9-10-30-14(21)2)25-18-6-5-16(19(12-29)23(18)31-26(32-25)34-3)17-7-8-20(27)24-22(17)15(11-28)13-35-24;1-2/h5-8,13-14,21,30H,4,9-10H2,1-3H3;1-2H2. The van der Waals surface area contributed by atoms with E-state index < -0.39 is 5.82 Å². The van der Waals surface area contributed by atoms with Crippen molar-refractivity contribution in [2.24, 2.45) is 0 Å². The first-order chi connectivity index (χ1) is 18.0. The highest BCUT2D eigenvalue weighted by Gasteiger charge is 2.31. The Kier molecular flexibility index (Phi) is 7.68. The van der Waals surface area contributed by atoms with Crippen LogP contribution < -0.4 is 15.0 Å². The van der Waals surface area contributed by atoms with Gasteiger partial charge in [-0.15, -0.1) is 24.5 Å². The molecule has 1 N–H and O–H groups in total. The van der Waals surface area contributed by atoms with Crippen LogP contribution in [-0.2, 0) is 0 Å². The van der Waals surface area contributed by atoms with Crippen LogP contribution in [0, 0.1) is 28.5 Å². The van der Waals surface area contributed by atoms with E-state index in [1.807, 2.05) is 12.1 Å². The molecular formula is C28H27FN6OS. The number of likely N-dealkylation sites (N-methyl/N-ethyl adjacent to an activating group) is 1. The number of halogens is 1. The fourth-order valence-corrected chi connectivity index (χ4v) is 5.97. The van der Waals surface area contributed by atoms with Crippen LogP contribution in [0.25, 0.3) is 32.1 Å². The van der Waals surface area contributed by atoms with E-state index >= 15 is 0 Å². The molecule has 0 aliphatic carbocycles. The molecule has 0 saturated carbocycles. The second-order valence-corrected chi connectivity index (χ2v) is 9.35. The third-order valence-corrected chi connectivity index (χ3v) is 7.69. The van der Waals surface area contributed by atoms with Crippen LogP contribution >= 0.6 is 11.3 Å². The van der Waals surface area contributed by atoms with Crippen LogP contribution in [0.2, 0.25) is 0 Å². The predicted octanol–water partition coefficient (Wildman–Crippen LogP) is 5.78. The summed E-state index contributed by atoms with van der Waals surface area (Å²) in [7, 11) is 1.50. The summed E-state index contributed by atoms with van der Waals surface area (Å²) in [4.78, 5) is 11.5. The average molecular weight is 515 g/mol. The number of nitrogens with zero attached hydrogens (tertiary/aromatic N) is 5. The fraction of sp³-hybridized carbons (Fsp3) is 0.286. The van der Waals surface area contributed by atoms with E-state index in [9.17, 15) is 14.9 Å². The van der Waals surface area contributed by atoms with Crippen molar-refractivity contribution in [3.05, 3.63) is 59.7 Å². The van der Waals surface area contributed by atoms with E-state index in [0.29, 0.717) is 37.9 Å². The van der Waals surface area contributed by atoms with E-state index in [1.165, 1.54) is 24.5 Å². The fourth-order valence-electron chi connectivity index (χ4n) is 5.04. The molecule has 1 aliphatic heterocycles. The van der Waals surface area contributed by atoms with Crippen molar-refractivity contribution in [1.82, 2.24) is 15.3 Å². The molecule has 4 aromatic rings. The molecule has 1 aliphatic rings. The van der Waals surface area contributed by atoms with Gasteiger partial charge < -0.3 is 15.0 Å². The Morgan fingerprint density at radius 3 is 2.57 bits per heavy atom. The number of thiophene rings is 1. The van der Waals surface area contributed by atoms with Gasteiger partial charge in [0.2, 0.25) is 0 Å². The second-order valence-electron chi connectivity index (χ2n) is 8.48. The number of methoxy groups -OCH3 is 1. The monoisotopic (exact) mass is 514 g/mol. The number of hydrogen-bond donors (Lipinski definition) is 1. The van der Waals surface area contributed by atoms with Crippen molar-refractivity contribution < 1.29 is 9.13 Å². The molecule has 2 aromatic carbocycles. The third kappa shape index (κ3) is 4.37. The maximum absolute atomic E-state index is 14.5. The molecule has 2 aromatic heterocycles. The summed E-state index contributed by atoms with van der Waals surface area (Å²) in [5, 5.41) is 26.3. The van der Waals surface area contributed by atoms with Crippen molar-refractivity contribution >= 4 is 38.1 Å². The number of rotatable bonds is 5. The largest absolute Gasteiger partial charge is 0.467 e. The summed E-state index contributed by atoms with van der Waals surface area (Å²) in [6.45, 7) is 11.9. The number of hydrogen-bond acceptors (Lipinski definition) is 8. The number of nitriles is 2. The number of ether oxygens (including phenoxy) is 1. The lowest BCUT2D eigenvalue weighted by Gasteiger charge is -2.32. The summed E-state index contributed by atoms with van der Waals surface area (Å²) >= 11 is 1.18. The van der Waals surface area contributed by atoms with Gasteiger partial charge in [0.1, 0.15) is 23.8 Å². The third-order valence-electron chi connectivity index (χ3n) is 6.70. The lowest BCUT2D eigenvalue weighted by molar-refractivity contribution is 0.381. The Morgan fingerprint density at radius 1 is 1.19 bits per heavy atom. The minimum Gasteiger partial charge on any atom is -0.467 e. The lowest BCUT2D eigenvalue weighted by atomic mass is 9.93. The van der Waals surface area contributed by atoms with Gasteiger partial charge in [-0.1, -0.05) is 12.1 Å². The van der Waals surface area contributed by atoms with Gasteiger partial charge in [0.05, 0.1) is 28.5 Å². The molecule has 2 atom stereocenters. The number of benzene rings is 2. The van der Waals surface area contributed by atoms with Gasteiger partial charge in [-0.05, 0) is 44.5 Å². The summed E-state index contributed by atoms with van der Waals surface area (Å²) < 4.78 is 20.3. The maximum atomic E-state index is 14.5. The normalized spacial score (nSPS) is 16.6. The molecule has 7 nitrogen and oxygen atoms in total. The Bertz CT molecular complexity index is 1550. The van der Waals surface area contributed by atoms with E-state index in [-0.39, 0.29) is 18.1 Å². The zero-order chi connectivity index (χ0) is 26.7. The van der Waals surface area contributed by atoms with Crippen molar-refractivity contribution in [3.63, 3.8) is 0 Å². The Labute approximate surface area is 219 Å². The van der Waals surface area contributed by atoms with Gasteiger partial charge in [-0.2, -0.15) is 20.5 Å². The van der Waals surface area contributed by atoms with Gasteiger partial charge in [-0.25, -0.2) is 4.39 Å². The van der Waals surface area contributed by atoms with E-state index in [4.69, 9.17) is 9.72 Å². The summed E-state index contributed by atoms with van der Waals surface area (Å²) in [5.74, 6) is 0.328. The van der Waals surface area contributed by atoms with Gasteiger partial charge in [-0.3, -0.25) is 0 Å². The molecule has 9 heteroatoms. The molecule has 37 heavy (non-hydrogen) atoms. The number of anilines is 1. The Morgan fingerprint density at radius 2 is 1.95 bits per heavy atom. The molecule has 0 spiro atoms. The quantitative estimate of drug-likeness (QED) is 0.337. The average Bonchev–Trinajstić information content (AvgIpc) is 3.56. The van der Waals surface area contributed by atoms with Crippen molar-refractivity contribution in [2.45, 2.75) is 32.4 Å². The highest BCUT2D eigenvalue weighted by atomic mass is 32.1. The van der Waals surface area contributed by atoms with Gasteiger partial charge >= 0.3 is 6.01 Å². The van der Waals surface area contributed by atoms with E-state index in [0.717, 1.165) is 30.7 Å². The van der Waals surface area contributed by atoms with Crippen LogP contribution in [0.5, 0.6) is 6.01 Å². The molecule has 2 unspecified atom stereocenters. The van der Waals surface area contributed by atoms with Crippen molar-refractivity contribution in [3.8, 4) is 29.3 Å². The molecule has 188 valence electrons. The van der Waals surface area contributed by atoms with Crippen LogP contribution in [0.15, 0.2) is 42.8 Å². The minimum absolute atomic E-state index is 0.177. The molecule has 1 fully saturated rings. The van der Waals surface area contributed by atoms with Gasteiger partial charge in [0.15, 0.2) is 0 Å². The zero-order valence-electron chi connectivity index (χ0n) is 21.0. The Balaban J connectivity index is 0.00000156. The lowest BCUT2D eigenvalue weighted by Crippen LogP contribution is -2.43. The molecule has 0 radical (unpaired) electrons. The molecule has 1 saturated heterocycles. The first-order valence-corrected chi connectivity index (χ1v) is 12.8. The zero-order valence-corrected chi connectivity index (χ0v) is 21.8. The SMILES string of the molecule is C=C.CCN(c1nc(OC)nc2c(C#N)c(-c3ccc(F)c4scc(C#N)c34)ccc12)C1CCNC1C. The van der Waals surface area contributed by atoms with E-state index in [1.54, 1.807) is 11.4 Å². The van der Waals surface area contributed by atoms with Crippen molar-refractivity contribution in [1.29, 1.82) is 10.5 Å². The summed E-state index contributed by atoms with van der Waals surface area (Å²) in [6, 6.07) is 11.9. The topological polar surface area (TPSA) is 97.9 Å². The van der Waals surface area contributed by atoms with Crippen LogP contribution in [0.1, 0.15) is 31.4 Å². The van der Waals surface area contributed by atoms with Crippen LogP contribution in [0.4, 0.5) is 10.2 Å². The van der Waals surface area contributed by atoms with Crippen LogP contribution in [-0.4, -0.2) is 42.3 Å². The highest BCUT2D eigenvalue weighted by molar-refractivity contribution is 7.17. The first kappa shape index (κ1) is 26.0. The molecule has 5 rings (SSSR count). The minimum atomic E-state index is -0.390. The highest BCUT2D eigenvalue weighted by Crippen LogP contribution is 2.41. The number of fused-ring (bicyclic) bond motifs is 2. The smallest absolute Gasteiger partial charge is 0.318 e. The van der Waals surface area contributed by atoms with Crippen molar-refractivity contribution in [2.75, 3.05) is 25.1 Å². The molecule has 0 amide bonds. The Hall–Kier alpha value is -4.05.